The first-order valence-corrected chi connectivity index (χ1v) is 1.72. The third-order valence-electron chi connectivity index (χ3n) is 0. The molecule has 0 bridgehead atoms. The number of nitrogens with two attached hydrogens (primary N) is 2. The Morgan fingerprint density at radius 1 is 1.56 bits per heavy atom. The number of nitrogens with zero attached hydrogens (tertiary/aromatic N) is 1. The van der Waals surface area contributed by atoms with Gasteiger partial charge in [-0.2, -0.15) is 5.26 Å². The quantitative estimate of drug-likeness (QED) is 0.121. The molecule has 0 saturated carbocycles. The van der Waals surface area contributed by atoms with E-state index in [9.17, 15) is 0 Å². The van der Waals surface area contributed by atoms with Crippen LogP contribution in [0.5, 0.6) is 0 Å². The Kier molecular flexibility index (Phi) is 62.7. The van der Waals surface area contributed by atoms with Crippen molar-refractivity contribution in [2.45, 2.75) is 0 Å². The van der Waals surface area contributed by atoms with Crippen LogP contribution in [0.3, 0.4) is 0 Å². The third kappa shape index (κ3) is 42600000. The summed E-state index contributed by atoms with van der Waals surface area (Å²) < 4.78 is 0. The van der Waals surface area contributed by atoms with E-state index >= 15 is 0 Å². The summed E-state index contributed by atoms with van der Waals surface area (Å²) in [6.07, 6.45) is 0. The number of thiol groups is 1. The van der Waals surface area contributed by atoms with Crippen molar-refractivity contribution in [3.05, 3.63) is 0 Å². The van der Waals surface area contributed by atoms with Crippen molar-refractivity contribution in [2.75, 3.05) is 0 Å². The molecule has 0 heterocycles. The molecule has 0 rings (SSSR count). The SMILES string of the molecule is Cl.N#CS.N=C(N)N.[LiH]. The predicted molar refractivity (Wildman–Crippen MR) is 45.1 cm³/mol. The molecular formula is C2H8ClLiN4S. The van der Waals surface area contributed by atoms with Crippen LogP contribution in [0, 0.1) is 16.1 Å². The van der Waals surface area contributed by atoms with Crippen LogP contribution in [0.4, 0.5) is 0 Å². The number of thiocyanates is 1. The molecule has 0 aromatic heterocycles. The number of halogens is 1. The number of hydrogen-bond acceptors (Lipinski definition) is 3. The summed E-state index contributed by atoms with van der Waals surface area (Å²) in [7, 11) is 0. The van der Waals surface area contributed by atoms with Crippen LogP contribution < -0.4 is 11.5 Å². The van der Waals surface area contributed by atoms with E-state index in [1.54, 1.807) is 0 Å². The average molecular weight is 163 g/mol. The Hall–Kier alpha value is -0.00260. The van der Waals surface area contributed by atoms with E-state index in [4.69, 9.17) is 10.7 Å². The van der Waals surface area contributed by atoms with Gasteiger partial charge in [0.2, 0.25) is 0 Å². The van der Waals surface area contributed by atoms with Gasteiger partial charge in [-0.05, 0) is 0 Å². The summed E-state index contributed by atoms with van der Waals surface area (Å²) in [4.78, 5) is 0. The molecule has 0 saturated heterocycles. The fraction of sp³-hybridized carbons (Fsp3) is 0. The molecule has 0 spiro atoms. The van der Waals surface area contributed by atoms with Crippen molar-refractivity contribution in [2.24, 2.45) is 11.5 Å². The zero-order valence-corrected chi connectivity index (χ0v) is 5.67. The summed E-state index contributed by atoms with van der Waals surface area (Å²) in [5.74, 6) is -0.333. The summed E-state index contributed by atoms with van der Waals surface area (Å²) in [6.45, 7) is 0. The first-order chi connectivity index (χ1) is 3.15. The molecule has 9 heavy (non-hydrogen) atoms. The van der Waals surface area contributed by atoms with Crippen LogP contribution in [-0.2, 0) is 0 Å². The van der Waals surface area contributed by atoms with Gasteiger partial charge in [-0.15, -0.1) is 12.4 Å². The van der Waals surface area contributed by atoms with Crippen LogP contribution in [0.25, 0.3) is 0 Å². The molecule has 0 aliphatic rings. The number of rotatable bonds is 0. The monoisotopic (exact) mass is 162 g/mol. The van der Waals surface area contributed by atoms with Crippen LogP contribution in [0.15, 0.2) is 0 Å². The Morgan fingerprint density at radius 2 is 1.56 bits per heavy atom. The molecule has 0 radical (unpaired) electrons. The van der Waals surface area contributed by atoms with Crippen LogP contribution in [-0.4, -0.2) is 24.8 Å². The van der Waals surface area contributed by atoms with Crippen molar-refractivity contribution in [3.8, 4) is 5.40 Å². The molecule has 0 amide bonds. The van der Waals surface area contributed by atoms with Gasteiger partial charge in [-0.1, -0.05) is 12.6 Å². The van der Waals surface area contributed by atoms with Gasteiger partial charge < -0.3 is 11.5 Å². The van der Waals surface area contributed by atoms with Gasteiger partial charge in [0.05, 0.1) is 0 Å². The molecule has 0 aliphatic heterocycles. The molecule has 0 fully saturated rings. The van der Waals surface area contributed by atoms with E-state index in [0.29, 0.717) is 0 Å². The molecule has 5 N–H and O–H groups in total. The molecule has 0 atom stereocenters. The van der Waals surface area contributed by atoms with E-state index in [0.717, 1.165) is 0 Å². The van der Waals surface area contributed by atoms with E-state index in [1.165, 1.54) is 5.40 Å². The summed E-state index contributed by atoms with van der Waals surface area (Å²) in [6, 6.07) is 0. The van der Waals surface area contributed by atoms with Gasteiger partial charge in [0, 0.05) is 0 Å². The van der Waals surface area contributed by atoms with Gasteiger partial charge in [0.1, 0.15) is 5.40 Å². The van der Waals surface area contributed by atoms with Crippen LogP contribution >= 0.6 is 25.0 Å². The van der Waals surface area contributed by atoms with Crippen LogP contribution in [0.1, 0.15) is 0 Å². The third-order valence-corrected chi connectivity index (χ3v) is 0. The second kappa shape index (κ2) is 24.5. The van der Waals surface area contributed by atoms with E-state index in [1.807, 2.05) is 0 Å². The normalized spacial score (nSPS) is 3.56. The van der Waals surface area contributed by atoms with E-state index in [2.05, 4.69) is 24.1 Å². The Bertz CT molecular complexity index is 87.1. The van der Waals surface area contributed by atoms with Gasteiger partial charge in [-0.25, -0.2) is 0 Å². The summed E-state index contributed by atoms with van der Waals surface area (Å²) in [5, 5.41) is 14.7. The van der Waals surface area contributed by atoms with Gasteiger partial charge in [0.15, 0.2) is 5.96 Å². The van der Waals surface area contributed by atoms with Gasteiger partial charge in [-0.3, -0.25) is 5.41 Å². The summed E-state index contributed by atoms with van der Waals surface area (Å²) in [5.41, 5.74) is 8.94. The first kappa shape index (κ1) is 23.0. The van der Waals surface area contributed by atoms with Gasteiger partial charge >= 0.3 is 18.9 Å². The Morgan fingerprint density at radius 3 is 1.56 bits per heavy atom. The molecule has 4 nitrogen and oxygen atoms in total. The van der Waals surface area contributed by atoms with E-state index < -0.39 is 0 Å². The number of nitrogens with one attached hydrogen (secondary N) is 1. The maximum absolute atomic E-state index is 7.18. The number of hydrogen-bond donors (Lipinski definition) is 4. The molecule has 0 aliphatic carbocycles. The second-order valence-electron chi connectivity index (χ2n) is 0.555. The number of guanidine groups is 1. The minimum absolute atomic E-state index is 0. The average Bonchev–Trinajstić information content (AvgIpc) is 1.33. The number of nitriles is 1. The van der Waals surface area contributed by atoms with Gasteiger partial charge in [0.25, 0.3) is 0 Å². The maximum atomic E-state index is 7.18. The van der Waals surface area contributed by atoms with Crippen molar-refractivity contribution < 1.29 is 0 Å². The molecule has 0 aromatic rings. The Labute approximate surface area is 77.5 Å². The molecule has 0 unspecified atom stereocenters. The standard InChI is InChI=1S/CH5N3.CHNS.ClH.Li.H/c2-1(3)4;2-1-3;;;/h(H5,2,3,4);3H;1H;;. The predicted octanol–water partition coefficient (Wildman–Crippen LogP) is -0.991. The van der Waals surface area contributed by atoms with E-state index in [-0.39, 0.29) is 37.2 Å². The van der Waals surface area contributed by atoms with Crippen molar-refractivity contribution in [3.63, 3.8) is 0 Å². The fourth-order valence-electron chi connectivity index (χ4n) is 0. The topological polar surface area (TPSA) is 99.7 Å². The zero-order valence-electron chi connectivity index (χ0n) is 3.96. The molecule has 7 heteroatoms. The minimum atomic E-state index is -0.333. The van der Waals surface area contributed by atoms with Crippen molar-refractivity contribution >= 4 is 49.9 Å². The fourth-order valence-corrected chi connectivity index (χ4v) is 0. The molecular weight excluding hydrogens is 155 g/mol. The molecule has 50 valence electrons. The first-order valence-electron chi connectivity index (χ1n) is 1.27. The van der Waals surface area contributed by atoms with Crippen LogP contribution in [0.2, 0.25) is 0 Å². The zero-order chi connectivity index (χ0) is 6.28. The van der Waals surface area contributed by atoms with Crippen molar-refractivity contribution in [1.82, 2.24) is 0 Å². The Balaban J connectivity index is -0.0000000233. The summed E-state index contributed by atoms with van der Waals surface area (Å²) >= 11 is 3.09. The van der Waals surface area contributed by atoms with Crippen molar-refractivity contribution in [1.29, 1.82) is 10.7 Å². The molecule has 0 aromatic carbocycles. The second-order valence-corrected chi connectivity index (χ2v) is 0.755.